The maximum absolute atomic E-state index is 4.56. The smallest absolute Gasteiger partial charge is 0.132 e. The third kappa shape index (κ3) is 2.64. The van der Waals surface area contributed by atoms with Gasteiger partial charge in [0.15, 0.2) is 0 Å². The Labute approximate surface area is 119 Å². The van der Waals surface area contributed by atoms with E-state index in [9.17, 15) is 0 Å². The summed E-state index contributed by atoms with van der Waals surface area (Å²) in [6.45, 7) is 8.12. The van der Waals surface area contributed by atoms with Crippen LogP contribution < -0.4 is 4.90 Å². The molecule has 20 heavy (non-hydrogen) atoms. The highest BCUT2D eigenvalue weighted by atomic mass is 15.2. The average molecular weight is 268 g/mol. The predicted molar refractivity (Wildman–Crippen MR) is 80.1 cm³/mol. The highest BCUT2D eigenvalue weighted by Crippen LogP contribution is 2.29. The van der Waals surface area contributed by atoms with Crippen LogP contribution in [-0.4, -0.2) is 28.0 Å². The van der Waals surface area contributed by atoms with Gasteiger partial charge in [0.05, 0.1) is 0 Å². The zero-order valence-electron chi connectivity index (χ0n) is 12.3. The van der Waals surface area contributed by atoms with Crippen LogP contribution in [0.3, 0.4) is 0 Å². The Balaban J connectivity index is 1.79. The molecule has 1 saturated heterocycles. The van der Waals surface area contributed by atoms with Crippen LogP contribution in [0.25, 0.3) is 0 Å². The fourth-order valence-corrected chi connectivity index (χ4v) is 2.85. The molecule has 1 fully saturated rings. The van der Waals surface area contributed by atoms with Crippen molar-refractivity contribution < 1.29 is 0 Å². The van der Waals surface area contributed by atoms with Gasteiger partial charge in [0.1, 0.15) is 11.6 Å². The van der Waals surface area contributed by atoms with Crippen molar-refractivity contribution in [3.05, 3.63) is 47.2 Å². The van der Waals surface area contributed by atoms with Gasteiger partial charge in [-0.05, 0) is 44.9 Å². The molecule has 4 heteroatoms. The molecule has 1 atom stereocenters. The molecule has 3 heterocycles. The quantitative estimate of drug-likeness (QED) is 0.840. The van der Waals surface area contributed by atoms with Crippen LogP contribution in [0.15, 0.2) is 24.4 Å². The minimum Gasteiger partial charge on any atom is -0.356 e. The van der Waals surface area contributed by atoms with Crippen molar-refractivity contribution in [3.63, 3.8) is 0 Å². The van der Waals surface area contributed by atoms with Crippen LogP contribution >= 0.6 is 0 Å². The topological polar surface area (TPSA) is 41.9 Å². The molecule has 3 rings (SSSR count). The highest BCUT2D eigenvalue weighted by molar-refractivity contribution is 5.42. The second-order valence-electron chi connectivity index (χ2n) is 5.60. The van der Waals surface area contributed by atoms with Crippen molar-refractivity contribution >= 4 is 5.82 Å². The van der Waals surface area contributed by atoms with E-state index in [2.05, 4.69) is 38.9 Å². The van der Waals surface area contributed by atoms with Crippen LogP contribution in [0.1, 0.15) is 35.1 Å². The zero-order valence-corrected chi connectivity index (χ0v) is 12.3. The maximum atomic E-state index is 4.56. The van der Waals surface area contributed by atoms with E-state index in [1.165, 1.54) is 11.3 Å². The Morgan fingerprint density at radius 2 is 2.00 bits per heavy atom. The summed E-state index contributed by atoms with van der Waals surface area (Å²) >= 11 is 0. The fraction of sp³-hybridized carbons (Fsp3) is 0.438. The molecule has 104 valence electrons. The largest absolute Gasteiger partial charge is 0.356 e. The molecule has 0 radical (unpaired) electrons. The van der Waals surface area contributed by atoms with Crippen LogP contribution in [0, 0.1) is 20.8 Å². The Hall–Kier alpha value is -1.97. The van der Waals surface area contributed by atoms with Crippen molar-refractivity contribution in [3.8, 4) is 0 Å². The van der Waals surface area contributed by atoms with Gasteiger partial charge >= 0.3 is 0 Å². The van der Waals surface area contributed by atoms with Gasteiger partial charge in [-0.3, -0.25) is 4.98 Å². The molecule has 0 amide bonds. The third-order valence-electron chi connectivity index (χ3n) is 3.82. The number of anilines is 1. The van der Waals surface area contributed by atoms with E-state index in [0.29, 0.717) is 5.92 Å². The standard InChI is InChI=1S/C16H20N4/c1-11-4-6-17-15(8-11)14-5-7-20(10-14)16-9-12(2)18-13(3)19-16/h4,6,8-9,14H,5,7,10H2,1-3H3. The first kappa shape index (κ1) is 13.0. The summed E-state index contributed by atoms with van der Waals surface area (Å²) in [6, 6.07) is 6.32. The van der Waals surface area contributed by atoms with E-state index in [4.69, 9.17) is 0 Å². The number of hydrogen-bond donors (Lipinski definition) is 0. The first-order valence-corrected chi connectivity index (χ1v) is 7.11. The first-order chi connectivity index (χ1) is 9.61. The van der Waals surface area contributed by atoms with E-state index in [-0.39, 0.29) is 0 Å². The van der Waals surface area contributed by atoms with E-state index in [1.54, 1.807) is 0 Å². The van der Waals surface area contributed by atoms with E-state index >= 15 is 0 Å². The maximum Gasteiger partial charge on any atom is 0.132 e. The predicted octanol–water partition coefficient (Wildman–Crippen LogP) is 2.79. The Kier molecular flexibility index (Phi) is 3.38. The van der Waals surface area contributed by atoms with Crippen LogP contribution in [0.4, 0.5) is 5.82 Å². The van der Waals surface area contributed by atoms with Crippen molar-refractivity contribution in [1.82, 2.24) is 15.0 Å². The van der Waals surface area contributed by atoms with Gasteiger partial charge in [0.25, 0.3) is 0 Å². The zero-order chi connectivity index (χ0) is 14.1. The molecular formula is C16H20N4. The molecule has 1 aliphatic rings. The summed E-state index contributed by atoms with van der Waals surface area (Å²) in [5.41, 5.74) is 3.52. The van der Waals surface area contributed by atoms with Crippen LogP contribution in [-0.2, 0) is 0 Å². The van der Waals surface area contributed by atoms with E-state index in [1.807, 2.05) is 26.1 Å². The Morgan fingerprint density at radius 1 is 1.15 bits per heavy atom. The van der Waals surface area contributed by atoms with Gasteiger partial charge in [-0.2, -0.15) is 0 Å². The van der Waals surface area contributed by atoms with Gasteiger partial charge in [0.2, 0.25) is 0 Å². The van der Waals surface area contributed by atoms with Gasteiger partial charge < -0.3 is 4.90 Å². The highest BCUT2D eigenvalue weighted by Gasteiger charge is 2.26. The van der Waals surface area contributed by atoms with Crippen LogP contribution in [0.5, 0.6) is 0 Å². The van der Waals surface area contributed by atoms with Gasteiger partial charge in [0, 0.05) is 42.7 Å². The monoisotopic (exact) mass is 268 g/mol. The minimum atomic E-state index is 0.505. The normalized spacial score (nSPS) is 18.6. The number of hydrogen-bond acceptors (Lipinski definition) is 4. The second kappa shape index (κ2) is 5.19. The molecule has 0 spiro atoms. The Morgan fingerprint density at radius 3 is 2.75 bits per heavy atom. The van der Waals surface area contributed by atoms with Crippen molar-refractivity contribution in [2.75, 3.05) is 18.0 Å². The van der Waals surface area contributed by atoms with E-state index < -0.39 is 0 Å². The van der Waals surface area contributed by atoms with Crippen molar-refractivity contribution in [1.29, 1.82) is 0 Å². The minimum absolute atomic E-state index is 0.505. The summed E-state index contributed by atoms with van der Waals surface area (Å²) in [5, 5.41) is 0. The number of aryl methyl sites for hydroxylation is 3. The van der Waals surface area contributed by atoms with Crippen molar-refractivity contribution in [2.24, 2.45) is 0 Å². The summed E-state index contributed by atoms with van der Waals surface area (Å²) in [7, 11) is 0. The van der Waals surface area contributed by atoms with Gasteiger partial charge in [-0.15, -0.1) is 0 Å². The molecule has 1 unspecified atom stereocenters. The number of aromatic nitrogens is 3. The molecular weight excluding hydrogens is 248 g/mol. The number of pyridine rings is 1. The fourth-order valence-electron chi connectivity index (χ4n) is 2.85. The third-order valence-corrected chi connectivity index (χ3v) is 3.82. The molecule has 4 nitrogen and oxygen atoms in total. The number of nitrogens with zero attached hydrogens (tertiary/aromatic N) is 4. The molecule has 0 N–H and O–H groups in total. The summed E-state index contributed by atoms with van der Waals surface area (Å²) in [5.74, 6) is 2.40. The lowest BCUT2D eigenvalue weighted by Crippen LogP contribution is -2.21. The van der Waals surface area contributed by atoms with Gasteiger partial charge in [-0.25, -0.2) is 9.97 Å². The second-order valence-corrected chi connectivity index (χ2v) is 5.60. The molecule has 2 aromatic heterocycles. The summed E-state index contributed by atoms with van der Waals surface area (Å²) in [4.78, 5) is 15.8. The molecule has 0 bridgehead atoms. The van der Waals surface area contributed by atoms with Crippen molar-refractivity contribution in [2.45, 2.75) is 33.1 Å². The number of rotatable bonds is 2. The van der Waals surface area contributed by atoms with E-state index in [0.717, 1.165) is 36.8 Å². The average Bonchev–Trinajstić information content (AvgIpc) is 2.87. The SMILES string of the molecule is Cc1ccnc(C2CCN(c3cc(C)nc(C)n3)C2)c1. The Bertz CT molecular complexity index is 603. The summed E-state index contributed by atoms with van der Waals surface area (Å²) < 4.78 is 0. The molecule has 1 aliphatic heterocycles. The lowest BCUT2D eigenvalue weighted by atomic mass is 10.0. The van der Waals surface area contributed by atoms with Gasteiger partial charge in [-0.1, -0.05) is 0 Å². The van der Waals surface area contributed by atoms with Crippen LogP contribution in [0.2, 0.25) is 0 Å². The lowest BCUT2D eigenvalue weighted by molar-refractivity contribution is 0.742. The molecule has 2 aromatic rings. The molecule has 0 saturated carbocycles. The molecule has 0 aromatic carbocycles. The summed E-state index contributed by atoms with van der Waals surface area (Å²) in [6.07, 6.45) is 3.05. The first-order valence-electron chi connectivity index (χ1n) is 7.11. The lowest BCUT2D eigenvalue weighted by Gasteiger charge is -2.18. The molecule has 0 aliphatic carbocycles.